The van der Waals surface area contributed by atoms with Gasteiger partial charge >= 0.3 is 0 Å². The molecule has 0 aliphatic carbocycles. The first-order valence-corrected chi connectivity index (χ1v) is 3.45. The van der Waals surface area contributed by atoms with Gasteiger partial charge in [-0.25, -0.2) is 13.2 Å². The van der Waals surface area contributed by atoms with E-state index in [0.717, 1.165) is 12.3 Å². The molecule has 0 bridgehead atoms. The molecule has 2 nitrogen and oxygen atoms in total. The standard InChI is InChI=1S/C8H5F3N2/c9-5-2-4-13-6(1-3-12)7(5)8(10)11/h2,4,8H,1H2. The van der Waals surface area contributed by atoms with Crippen LogP contribution in [0.15, 0.2) is 12.3 Å². The van der Waals surface area contributed by atoms with Crippen LogP contribution in [0.2, 0.25) is 0 Å². The Kier molecular flexibility index (Phi) is 2.85. The highest BCUT2D eigenvalue weighted by Crippen LogP contribution is 2.24. The van der Waals surface area contributed by atoms with E-state index in [0.29, 0.717) is 0 Å². The molecule has 68 valence electrons. The molecule has 1 aromatic heterocycles. The second-order valence-electron chi connectivity index (χ2n) is 2.29. The molecule has 0 saturated heterocycles. The summed E-state index contributed by atoms with van der Waals surface area (Å²) < 4.78 is 37.2. The Hall–Kier alpha value is -1.57. The van der Waals surface area contributed by atoms with Gasteiger partial charge in [-0.15, -0.1) is 0 Å². The summed E-state index contributed by atoms with van der Waals surface area (Å²) in [5.41, 5.74) is -0.971. The van der Waals surface area contributed by atoms with E-state index in [1.54, 1.807) is 6.07 Å². The predicted molar refractivity (Wildman–Crippen MR) is 38.5 cm³/mol. The third kappa shape index (κ3) is 1.96. The highest BCUT2D eigenvalue weighted by atomic mass is 19.3. The molecule has 1 aromatic rings. The van der Waals surface area contributed by atoms with Gasteiger partial charge in [0.25, 0.3) is 6.43 Å². The van der Waals surface area contributed by atoms with Crippen molar-refractivity contribution in [3.8, 4) is 6.07 Å². The second kappa shape index (κ2) is 3.90. The molecule has 0 radical (unpaired) electrons. The summed E-state index contributed by atoms with van der Waals surface area (Å²) in [7, 11) is 0. The summed E-state index contributed by atoms with van der Waals surface area (Å²) in [5, 5.41) is 8.26. The van der Waals surface area contributed by atoms with Crippen LogP contribution in [0, 0.1) is 17.1 Å². The lowest BCUT2D eigenvalue weighted by Gasteiger charge is -2.04. The Morgan fingerprint density at radius 3 is 2.77 bits per heavy atom. The zero-order valence-corrected chi connectivity index (χ0v) is 6.47. The molecule has 0 saturated carbocycles. The number of halogens is 3. The Bertz CT molecular complexity index is 344. The van der Waals surface area contributed by atoms with Crippen LogP contribution in [0.5, 0.6) is 0 Å². The number of nitrogens with zero attached hydrogens (tertiary/aromatic N) is 2. The van der Waals surface area contributed by atoms with Crippen LogP contribution in [0.4, 0.5) is 13.2 Å². The van der Waals surface area contributed by atoms with Gasteiger partial charge in [0.05, 0.1) is 23.7 Å². The molecule has 0 aromatic carbocycles. The predicted octanol–water partition coefficient (Wildman–Crippen LogP) is 2.22. The summed E-state index contributed by atoms with van der Waals surface area (Å²) in [6.07, 6.45) is -2.18. The van der Waals surface area contributed by atoms with E-state index < -0.39 is 17.8 Å². The average molecular weight is 186 g/mol. The SMILES string of the molecule is N#CCc1nccc(F)c1C(F)F. The molecule has 0 aliphatic heterocycles. The number of nitriles is 1. The third-order valence-electron chi connectivity index (χ3n) is 1.48. The van der Waals surface area contributed by atoms with Crippen LogP contribution in [0.3, 0.4) is 0 Å². The molecule has 13 heavy (non-hydrogen) atoms. The quantitative estimate of drug-likeness (QED) is 0.710. The summed E-state index contributed by atoms with van der Waals surface area (Å²) in [6.45, 7) is 0. The molecule has 0 spiro atoms. The van der Waals surface area contributed by atoms with Gasteiger partial charge in [-0.3, -0.25) is 4.98 Å². The first-order chi connectivity index (χ1) is 6.16. The van der Waals surface area contributed by atoms with Gasteiger partial charge in [0.15, 0.2) is 0 Å². The van der Waals surface area contributed by atoms with Crippen molar-refractivity contribution in [1.29, 1.82) is 5.26 Å². The van der Waals surface area contributed by atoms with Crippen LogP contribution in [-0.2, 0) is 6.42 Å². The van der Waals surface area contributed by atoms with Gasteiger partial charge in [0.1, 0.15) is 5.82 Å². The minimum atomic E-state index is -2.93. The zero-order valence-electron chi connectivity index (χ0n) is 6.47. The van der Waals surface area contributed by atoms with Gasteiger partial charge in [0.2, 0.25) is 0 Å². The van der Waals surface area contributed by atoms with Crippen LogP contribution < -0.4 is 0 Å². The Balaban J connectivity index is 3.19. The van der Waals surface area contributed by atoms with E-state index in [1.807, 2.05) is 0 Å². The fraction of sp³-hybridized carbons (Fsp3) is 0.250. The van der Waals surface area contributed by atoms with Crippen molar-refractivity contribution >= 4 is 0 Å². The fourth-order valence-corrected chi connectivity index (χ4v) is 0.936. The highest BCUT2D eigenvalue weighted by Gasteiger charge is 2.18. The van der Waals surface area contributed by atoms with Crippen molar-refractivity contribution in [3.63, 3.8) is 0 Å². The van der Waals surface area contributed by atoms with Crippen molar-refractivity contribution in [3.05, 3.63) is 29.3 Å². The summed E-state index contributed by atoms with van der Waals surface area (Å²) in [4.78, 5) is 3.51. The molecule has 1 rings (SSSR count). The molecule has 0 unspecified atom stereocenters. The maximum Gasteiger partial charge on any atom is 0.268 e. The summed E-state index contributed by atoms with van der Waals surface area (Å²) >= 11 is 0. The zero-order chi connectivity index (χ0) is 9.84. The molecule has 0 fully saturated rings. The monoisotopic (exact) mass is 186 g/mol. The number of rotatable bonds is 2. The highest BCUT2D eigenvalue weighted by molar-refractivity contribution is 5.25. The van der Waals surface area contributed by atoms with E-state index in [2.05, 4.69) is 4.98 Å². The van der Waals surface area contributed by atoms with E-state index in [9.17, 15) is 13.2 Å². The van der Waals surface area contributed by atoms with Gasteiger partial charge in [-0.05, 0) is 6.07 Å². The van der Waals surface area contributed by atoms with Crippen LogP contribution in [0.25, 0.3) is 0 Å². The van der Waals surface area contributed by atoms with Gasteiger partial charge in [0, 0.05) is 6.20 Å². The maximum atomic E-state index is 12.8. The van der Waals surface area contributed by atoms with E-state index >= 15 is 0 Å². The molecular formula is C8H5F3N2. The average Bonchev–Trinajstić information content (AvgIpc) is 2.04. The van der Waals surface area contributed by atoms with Crippen LogP contribution >= 0.6 is 0 Å². The normalized spacial score (nSPS) is 10.1. The van der Waals surface area contributed by atoms with Crippen molar-refractivity contribution in [2.24, 2.45) is 0 Å². The molecule has 0 N–H and O–H groups in total. The van der Waals surface area contributed by atoms with Crippen molar-refractivity contribution in [1.82, 2.24) is 4.98 Å². The van der Waals surface area contributed by atoms with Crippen molar-refractivity contribution in [2.75, 3.05) is 0 Å². The first kappa shape index (κ1) is 9.52. The lowest BCUT2D eigenvalue weighted by atomic mass is 10.1. The number of alkyl halides is 2. The van der Waals surface area contributed by atoms with Gasteiger partial charge in [-0.2, -0.15) is 5.26 Å². The number of pyridine rings is 1. The van der Waals surface area contributed by atoms with Crippen molar-refractivity contribution in [2.45, 2.75) is 12.8 Å². The Morgan fingerprint density at radius 1 is 1.54 bits per heavy atom. The van der Waals surface area contributed by atoms with E-state index in [-0.39, 0.29) is 12.1 Å². The lowest BCUT2D eigenvalue weighted by Crippen LogP contribution is -2.00. The second-order valence-corrected chi connectivity index (χ2v) is 2.29. The van der Waals surface area contributed by atoms with E-state index in [4.69, 9.17) is 5.26 Å². The van der Waals surface area contributed by atoms with Crippen LogP contribution in [-0.4, -0.2) is 4.98 Å². The number of hydrogen-bond acceptors (Lipinski definition) is 2. The third-order valence-corrected chi connectivity index (χ3v) is 1.48. The molecule has 0 atom stereocenters. The smallest absolute Gasteiger partial charge is 0.259 e. The topological polar surface area (TPSA) is 36.7 Å². The molecule has 0 amide bonds. The minimum Gasteiger partial charge on any atom is -0.259 e. The van der Waals surface area contributed by atoms with Gasteiger partial charge in [-0.1, -0.05) is 0 Å². The molecule has 1 heterocycles. The van der Waals surface area contributed by atoms with E-state index in [1.165, 1.54) is 0 Å². The first-order valence-electron chi connectivity index (χ1n) is 3.45. The Labute approximate surface area is 72.6 Å². The molecule has 5 heteroatoms. The van der Waals surface area contributed by atoms with Crippen LogP contribution in [0.1, 0.15) is 17.7 Å². The summed E-state index contributed by atoms with van der Waals surface area (Å²) in [6, 6.07) is 2.49. The summed E-state index contributed by atoms with van der Waals surface area (Å²) in [5.74, 6) is -1.02. The van der Waals surface area contributed by atoms with Gasteiger partial charge < -0.3 is 0 Å². The number of aromatic nitrogens is 1. The minimum absolute atomic E-state index is 0.197. The molecule has 0 aliphatic rings. The number of hydrogen-bond donors (Lipinski definition) is 0. The molecular weight excluding hydrogens is 181 g/mol. The van der Waals surface area contributed by atoms with Crippen molar-refractivity contribution < 1.29 is 13.2 Å². The Morgan fingerprint density at radius 2 is 2.23 bits per heavy atom. The lowest BCUT2D eigenvalue weighted by molar-refractivity contribution is 0.144. The maximum absolute atomic E-state index is 12.8. The largest absolute Gasteiger partial charge is 0.268 e. The fourth-order valence-electron chi connectivity index (χ4n) is 0.936.